The molecule has 21 heavy (non-hydrogen) atoms. The number of methoxy groups -OCH3 is 2. The highest BCUT2D eigenvalue weighted by Gasteiger charge is 2.40. The second-order valence-electron chi connectivity index (χ2n) is 4.97. The van der Waals surface area contributed by atoms with Crippen molar-refractivity contribution >= 4 is 23.5 Å². The number of ether oxygens (including phenoxy) is 2. The van der Waals surface area contributed by atoms with E-state index in [1.807, 2.05) is 0 Å². The Balaban J connectivity index is 2.16. The predicted molar refractivity (Wildman–Crippen MR) is 78.6 cm³/mol. The van der Waals surface area contributed by atoms with Crippen molar-refractivity contribution in [2.45, 2.75) is 12.8 Å². The summed E-state index contributed by atoms with van der Waals surface area (Å²) in [6, 6.07) is 1.48. The molecule has 1 aliphatic heterocycles. The van der Waals surface area contributed by atoms with E-state index in [1.54, 1.807) is 7.11 Å². The van der Waals surface area contributed by atoms with Gasteiger partial charge in [0.2, 0.25) is 17.7 Å². The second kappa shape index (κ2) is 7.02. The standard InChI is InChI=1S/C13H19ClN4O3/c1-20-8-13(3-5-15-6-4-13)11(19)18-12-16-9(14)7-10(17-12)21-2/h7,15H,3-6,8H2,1-2H3,(H,16,17,18,19). The molecule has 0 spiro atoms. The van der Waals surface area contributed by atoms with Gasteiger partial charge in [0.05, 0.1) is 19.1 Å². The Kier molecular flexibility index (Phi) is 5.33. The Morgan fingerprint density at radius 1 is 1.43 bits per heavy atom. The van der Waals surface area contributed by atoms with Crippen LogP contribution in [0.2, 0.25) is 5.15 Å². The minimum atomic E-state index is -0.571. The number of halogens is 1. The van der Waals surface area contributed by atoms with Gasteiger partial charge < -0.3 is 14.8 Å². The van der Waals surface area contributed by atoms with E-state index >= 15 is 0 Å². The minimum absolute atomic E-state index is 0.137. The SMILES string of the molecule is COCC1(C(=O)Nc2nc(Cl)cc(OC)n2)CCNCC1. The molecule has 7 nitrogen and oxygen atoms in total. The number of rotatable bonds is 5. The number of nitrogens with zero attached hydrogens (tertiary/aromatic N) is 2. The van der Waals surface area contributed by atoms with Crippen LogP contribution in [0.15, 0.2) is 6.07 Å². The van der Waals surface area contributed by atoms with E-state index in [-0.39, 0.29) is 17.0 Å². The zero-order valence-corrected chi connectivity index (χ0v) is 12.9. The van der Waals surface area contributed by atoms with E-state index in [4.69, 9.17) is 21.1 Å². The highest BCUT2D eigenvalue weighted by molar-refractivity contribution is 6.29. The minimum Gasteiger partial charge on any atom is -0.481 e. The molecule has 0 unspecified atom stereocenters. The lowest BCUT2D eigenvalue weighted by Gasteiger charge is -2.35. The van der Waals surface area contributed by atoms with Gasteiger partial charge in [0.25, 0.3) is 0 Å². The number of hydrogen-bond acceptors (Lipinski definition) is 6. The molecule has 0 radical (unpaired) electrons. The van der Waals surface area contributed by atoms with Crippen molar-refractivity contribution in [2.24, 2.45) is 5.41 Å². The fourth-order valence-electron chi connectivity index (χ4n) is 2.41. The van der Waals surface area contributed by atoms with Gasteiger partial charge in [0.1, 0.15) is 5.15 Å². The molecule has 1 aromatic rings. The van der Waals surface area contributed by atoms with Gasteiger partial charge >= 0.3 is 0 Å². The summed E-state index contributed by atoms with van der Waals surface area (Å²) in [6.07, 6.45) is 1.40. The Bertz CT molecular complexity index is 501. The van der Waals surface area contributed by atoms with Crippen LogP contribution in [0.5, 0.6) is 5.88 Å². The molecule has 2 heterocycles. The van der Waals surface area contributed by atoms with Gasteiger partial charge in [-0.25, -0.2) is 4.98 Å². The number of carbonyl (C=O) groups excluding carboxylic acids is 1. The Morgan fingerprint density at radius 3 is 2.76 bits per heavy atom. The second-order valence-corrected chi connectivity index (χ2v) is 5.36. The molecule has 116 valence electrons. The molecule has 0 aliphatic carbocycles. The van der Waals surface area contributed by atoms with Crippen molar-refractivity contribution < 1.29 is 14.3 Å². The van der Waals surface area contributed by atoms with E-state index in [0.29, 0.717) is 25.3 Å². The Labute approximate surface area is 128 Å². The third kappa shape index (κ3) is 3.81. The van der Waals surface area contributed by atoms with Gasteiger partial charge in [-0.2, -0.15) is 4.98 Å². The molecule has 1 saturated heterocycles. The fourth-order valence-corrected chi connectivity index (χ4v) is 2.58. The topological polar surface area (TPSA) is 85.4 Å². The van der Waals surface area contributed by atoms with Crippen molar-refractivity contribution in [2.75, 3.05) is 39.2 Å². The van der Waals surface area contributed by atoms with Gasteiger partial charge in [0, 0.05) is 13.2 Å². The van der Waals surface area contributed by atoms with Crippen molar-refractivity contribution in [3.05, 3.63) is 11.2 Å². The Morgan fingerprint density at radius 2 is 2.14 bits per heavy atom. The van der Waals surface area contributed by atoms with Crippen LogP contribution in [0.1, 0.15) is 12.8 Å². The van der Waals surface area contributed by atoms with E-state index < -0.39 is 5.41 Å². The quantitative estimate of drug-likeness (QED) is 0.791. The van der Waals surface area contributed by atoms with Crippen LogP contribution < -0.4 is 15.4 Å². The van der Waals surface area contributed by atoms with Crippen LogP contribution >= 0.6 is 11.6 Å². The number of amides is 1. The average molecular weight is 315 g/mol. The first-order valence-electron chi connectivity index (χ1n) is 6.69. The fraction of sp³-hybridized carbons (Fsp3) is 0.615. The molecule has 8 heteroatoms. The summed E-state index contributed by atoms with van der Waals surface area (Å²) < 4.78 is 10.2. The molecule has 0 bridgehead atoms. The van der Waals surface area contributed by atoms with Gasteiger partial charge in [0.15, 0.2) is 0 Å². The molecular weight excluding hydrogens is 296 g/mol. The summed E-state index contributed by atoms with van der Waals surface area (Å²) >= 11 is 5.88. The molecule has 0 atom stereocenters. The zero-order chi connectivity index (χ0) is 15.3. The van der Waals surface area contributed by atoms with Gasteiger partial charge in [-0.05, 0) is 25.9 Å². The maximum absolute atomic E-state index is 12.6. The normalized spacial score (nSPS) is 17.3. The van der Waals surface area contributed by atoms with Crippen molar-refractivity contribution in [1.82, 2.24) is 15.3 Å². The van der Waals surface area contributed by atoms with Crippen LogP contribution in [0.25, 0.3) is 0 Å². The van der Waals surface area contributed by atoms with Crippen LogP contribution in [-0.2, 0) is 9.53 Å². The third-order valence-electron chi connectivity index (χ3n) is 3.57. The summed E-state index contributed by atoms with van der Waals surface area (Å²) in [4.78, 5) is 20.7. The van der Waals surface area contributed by atoms with Crippen LogP contribution in [0.3, 0.4) is 0 Å². The summed E-state index contributed by atoms with van der Waals surface area (Å²) in [6.45, 7) is 1.91. The number of anilines is 1. The van der Waals surface area contributed by atoms with E-state index in [0.717, 1.165) is 13.1 Å². The van der Waals surface area contributed by atoms with E-state index in [2.05, 4.69) is 20.6 Å². The third-order valence-corrected chi connectivity index (χ3v) is 3.76. The molecular formula is C13H19ClN4O3. The molecule has 1 aliphatic rings. The zero-order valence-electron chi connectivity index (χ0n) is 12.1. The summed E-state index contributed by atoms with van der Waals surface area (Å²) in [7, 11) is 3.07. The highest BCUT2D eigenvalue weighted by atomic mass is 35.5. The number of aromatic nitrogens is 2. The van der Waals surface area contributed by atoms with Crippen molar-refractivity contribution in [1.29, 1.82) is 0 Å². The lowest BCUT2D eigenvalue weighted by Crippen LogP contribution is -2.47. The molecule has 0 aromatic carbocycles. The molecule has 1 fully saturated rings. The summed E-state index contributed by atoms with van der Waals surface area (Å²) in [5.41, 5.74) is -0.571. The lowest BCUT2D eigenvalue weighted by atomic mass is 9.79. The van der Waals surface area contributed by atoms with Crippen LogP contribution in [-0.4, -0.2) is 49.8 Å². The first kappa shape index (κ1) is 15.9. The van der Waals surface area contributed by atoms with Gasteiger partial charge in [-0.3, -0.25) is 10.1 Å². The predicted octanol–water partition coefficient (Wildman–Crippen LogP) is 1.09. The molecule has 2 N–H and O–H groups in total. The van der Waals surface area contributed by atoms with Crippen LogP contribution in [0, 0.1) is 5.41 Å². The van der Waals surface area contributed by atoms with Crippen molar-refractivity contribution in [3.8, 4) is 5.88 Å². The van der Waals surface area contributed by atoms with E-state index in [1.165, 1.54) is 13.2 Å². The number of hydrogen-bond donors (Lipinski definition) is 2. The van der Waals surface area contributed by atoms with Gasteiger partial charge in [-0.15, -0.1) is 0 Å². The number of nitrogens with one attached hydrogen (secondary N) is 2. The maximum atomic E-state index is 12.6. The monoisotopic (exact) mass is 314 g/mol. The molecule has 1 aromatic heterocycles. The number of carbonyl (C=O) groups is 1. The highest BCUT2D eigenvalue weighted by Crippen LogP contribution is 2.30. The summed E-state index contributed by atoms with van der Waals surface area (Å²) in [5.74, 6) is 0.282. The maximum Gasteiger partial charge on any atom is 0.235 e. The number of piperidine rings is 1. The first-order valence-corrected chi connectivity index (χ1v) is 7.07. The largest absolute Gasteiger partial charge is 0.481 e. The molecule has 2 rings (SSSR count). The first-order chi connectivity index (χ1) is 10.1. The molecule has 1 amide bonds. The lowest BCUT2D eigenvalue weighted by molar-refractivity contribution is -0.130. The van der Waals surface area contributed by atoms with Crippen LogP contribution in [0.4, 0.5) is 5.95 Å². The van der Waals surface area contributed by atoms with E-state index in [9.17, 15) is 4.79 Å². The Hall–Kier alpha value is -1.44. The van der Waals surface area contributed by atoms with Crippen molar-refractivity contribution in [3.63, 3.8) is 0 Å². The molecule has 0 saturated carbocycles. The average Bonchev–Trinajstić information content (AvgIpc) is 2.47. The smallest absolute Gasteiger partial charge is 0.235 e. The summed E-state index contributed by atoms with van der Waals surface area (Å²) in [5, 5.41) is 6.17. The van der Waals surface area contributed by atoms with Gasteiger partial charge in [-0.1, -0.05) is 11.6 Å².